The number of esters is 1. The number of pyridine rings is 1. The summed E-state index contributed by atoms with van der Waals surface area (Å²) in [6.07, 6.45) is 5.97. The van der Waals surface area contributed by atoms with Crippen LogP contribution in [0.4, 0.5) is 5.95 Å². The highest BCUT2D eigenvalue weighted by Gasteiger charge is 2.27. The van der Waals surface area contributed by atoms with Crippen LogP contribution in [0.25, 0.3) is 0 Å². The van der Waals surface area contributed by atoms with E-state index in [1.54, 1.807) is 24.5 Å². The molecule has 0 aliphatic carbocycles. The molecule has 0 unspecified atom stereocenters. The van der Waals surface area contributed by atoms with Crippen molar-refractivity contribution in [3.8, 4) is 0 Å². The predicted molar refractivity (Wildman–Crippen MR) is 131 cm³/mol. The number of hydrogen-bond donors (Lipinski definition) is 1. The van der Waals surface area contributed by atoms with E-state index in [1.165, 1.54) is 12.0 Å². The molecule has 0 bridgehead atoms. The van der Waals surface area contributed by atoms with Crippen LogP contribution < -0.4 is 4.90 Å². The van der Waals surface area contributed by atoms with Gasteiger partial charge in [-0.05, 0) is 47.9 Å². The van der Waals surface area contributed by atoms with Gasteiger partial charge in [-0.25, -0.2) is 9.78 Å². The third kappa shape index (κ3) is 5.45. The number of amides is 1. The standard InChI is InChI=1S/C25H28N8O3/c1-4-5-8-22-27-14-21(32(22)15-18-9-11-19(12-10-18)24(35)36-3)23(34)33(25-28-30-31-29-25)16-20-7-6-13-26-17(20)2/h6-7,9-14H,4-5,8,15-16H2,1-3H3,(H,28,29,30,31). The Hall–Kier alpha value is -4.41. The van der Waals surface area contributed by atoms with Gasteiger partial charge in [0.05, 0.1) is 25.4 Å². The van der Waals surface area contributed by atoms with Crippen molar-refractivity contribution in [2.45, 2.75) is 46.2 Å². The van der Waals surface area contributed by atoms with Crippen molar-refractivity contribution >= 4 is 17.8 Å². The summed E-state index contributed by atoms with van der Waals surface area (Å²) < 4.78 is 6.70. The van der Waals surface area contributed by atoms with Gasteiger partial charge in [0.15, 0.2) is 0 Å². The lowest BCUT2D eigenvalue weighted by atomic mass is 10.1. The zero-order chi connectivity index (χ0) is 25.5. The number of aryl methyl sites for hydroxylation is 2. The fraction of sp³-hybridized carbons (Fsp3) is 0.320. The first kappa shape index (κ1) is 24.7. The van der Waals surface area contributed by atoms with Crippen LogP contribution >= 0.6 is 0 Å². The second-order valence-electron chi connectivity index (χ2n) is 8.29. The summed E-state index contributed by atoms with van der Waals surface area (Å²) in [7, 11) is 1.35. The molecule has 186 valence electrons. The molecule has 11 nitrogen and oxygen atoms in total. The number of carbonyl (C=O) groups excluding carboxylic acids is 2. The summed E-state index contributed by atoms with van der Waals surface area (Å²) in [5.74, 6) is 0.266. The van der Waals surface area contributed by atoms with Crippen LogP contribution in [0.3, 0.4) is 0 Å². The number of rotatable bonds is 10. The molecule has 3 aromatic heterocycles. The Labute approximate surface area is 208 Å². The summed E-state index contributed by atoms with van der Waals surface area (Å²) in [4.78, 5) is 36.1. The maximum Gasteiger partial charge on any atom is 0.337 e. The lowest BCUT2D eigenvalue weighted by Gasteiger charge is -2.21. The molecule has 0 atom stereocenters. The minimum Gasteiger partial charge on any atom is -0.465 e. The summed E-state index contributed by atoms with van der Waals surface area (Å²) in [5.41, 5.74) is 3.46. The number of aromatic nitrogens is 7. The molecule has 3 heterocycles. The SMILES string of the molecule is CCCCc1ncc(C(=O)N(Cc2cccnc2C)c2nn[nH]n2)n1Cc1ccc(C(=O)OC)cc1. The van der Waals surface area contributed by atoms with Gasteiger partial charge in [0, 0.05) is 24.9 Å². The molecule has 0 aliphatic rings. The number of imidazole rings is 1. The van der Waals surface area contributed by atoms with Crippen molar-refractivity contribution < 1.29 is 14.3 Å². The van der Waals surface area contributed by atoms with Crippen LogP contribution in [0.15, 0.2) is 48.8 Å². The molecule has 0 saturated carbocycles. The van der Waals surface area contributed by atoms with Crippen molar-refractivity contribution in [3.05, 3.63) is 82.7 Å². The third-order valence-electron chi connectivity index (χ3n) is 5.89. The van der Waals surface area contributed by atoms with E-state index in [2.05, 4.69) is 37.5 Å². The highest BCUT2D eigenvalue weighted by atomic mass is 16.5. The minimum atomic E-state index is -0.398. The van der Waals surface area contributed by atoms with E-state index < -0.39 is 5.97 Å². The smallest absolute Gasteiger partial charge is 0.337 e. The zero-order valence-corrected chi connectivity index (χ0v) is 20.5. The second kappa shape index (κ2) is 11.3. The first-order chi connectivity index (χ1) is 17.5. The van der Waals surface area contributed by atoms with Gasteiger partial charge >= 0.3 is 5.97 Å². The molecule has 11 heteroatoms. The number of methoxy groups -OCH3 is 1. The van der Waals surface area contributed by atoms with E-state index in [4.69, 9.17) is 4.74 Å². The highest BCUT2D eigenvalue weighted by Crippen LogP contribution is 2.20. The van der Waals surface area contributed by atoms with E-state index in [0.29, 0.717) is 17.8 Å². The van der Waals surface area contributed by atoms with E-state index >= 15 is 0 Å². The largest absolute Gasteiger partial charge is 0.465 e. The predicted octanol–water partition coefficient (Wildman–Crippen LogP) is 3.12. The van der Waals surface area contributed by atoms with Crippen molar-refractivity contribution in [3.63, 3.8) is 0 Å². The number of ether oxygens (including phenoxy) is 1. The van der Waals surface area contributed by atoms with Gasteiger partial charge in [0.25, 0.3) is 11.9 Å². The Kier molecular flexibility index (Phi) is 7.79. The second-order valence-corrected chi connectivity index (χ2v) is 8.29. The first-order valence-electron chi connectivity index (χ1n) is 11.7. The molecule has 36 heavy (non-hydrogen) atoms. The number of benzene rings is 1. The summed E-state index contributed by atoms with van der Waals surface area (Å²) in [6.45, 7) is 4.63. The van der Waals surface area contributed by atoms with Crippen LogP contribution in [-0.2, 0) is 24.2 Å². The quantitative estimate of drug-likeness (QED) is 0.337. The van der Waals surface area contributed by atoms with E-state index in [9.17, 15) is 9.59 Å². The number of carbonyl (C=O) groups is 2. The van der Waals surface area contributed by atoms with Gasteiger partial charge < -0.3 is 9.30 Å². The number of nitrogens with zero attached hydrogens (tertiary/aromatic N) is 7. The number of anilines is 1. The Bertz CT molecular complexity index is 1320. The molecule has 0 radical (unpaired) electrons. The molecule has 1 amide bonds. The summed E-state index contributed by atoms with van der Waals surface area (Å²) in [6, 6.07) is 10.9. The average molecular weight is 489 g/mol. The lowest BCUT2D eigenvalue weighted by molar-refractivity contribution is 0.0600. The van der Waals surface area contributed by atoms with Crippen molar-refractivity contribution in [2.24, 2.45) is 0 Å². The number of hydrogen-bond acceptors (Lipinski definition) is 8. The molecule has 1 N–H and O–H groups in total. The Morgan fingerprint density at radius 3 is 2.61 bits per heavy atom. The van der Waals surface area contributed by atoms with Gasteiger partial charge in [0.1, 0.15) is 11.5 Å². The van der Waals surface area contributed by atoms with Crippen LogP contribution in [0.5, 0.6) is 0 Å². The monoisotopic (exact) mass is 488 g/mol. The molecule has 4 aromatic rings. The van der Waals surface area contributed by atoms with Crippen LogP contribution in [0.1, 0.15) is 63.3 Å². The molecular formula is C25H28N8O3. The van der Waals surface area contributed by atoms with Gasteiger partial charge in [-0.2, -0.15) is 5.21 Å². The van der Waals surface area contributed by atoms with Crippen LogP contribution in [0.2, 0.25) is 0 Å². The number of aromatic amines is 1. The molecule has 0 spiro atoms. The Morgan fingerprint density at radius 1 is 1.14 bits per heavy atom. The van der Waals surface area contributed by atoms with Crippen molar-refractivity contribution in [1.82, 2.24) is 35.2 Å². The molecular weight excluding hydrogens is 460 g/mol. The summed E-state index contributed by atoms with van der Waals surface area (Å²) >= 11 is 0. The fourth-order valence-electron chi connectivity index (χ4n) is 3.84. The summed E-state index contributed by atoms with van der Waals surface area (Å²) in [5, 5.41) is 14.2. The number of unbranched alkanes of at least 4 members (excludes halogenated alkanes) is 1. The normalized spacial score (nSPS) is 10.9. The van der Waals surface area contributed by atoms with E-state index in [0.717, 1.165) is 41.9 Å². The Morgan fingerprint density at radius 2 is 1.94 bits per heavy atom. The molecule has 0 saturated heterocycles. The number of H-pyrrole nitrogens is 1. The van der Waals surface area contributed by atoms with Crippen molar-refractivity contribution in [1.29, 1.82) is 0 Å². The number of tetrazole rings is 1. The molecule has 4 rings (SSSR count). The maximum absolute atomic E-state index is 13.9. The van der Waals surface area contributed by atoms with Gasteiger partial charge in [-0.15, -0.1) is 5.10 Å². The molecule has 1 aromatic carbocycles. The first-order valence-corrected chi connectivity index (χ1v) is 11.7. The number of nitrogens with one attached hydrogen (secondary N) is 1. The lowest BCUT2D eigenvalue weighted by Crippen LogP contribution is -2.33. The van der Waals surface area contributed by atoms with E-state index in [-0.39, 0.29) is 18.4 Å². The van der Waals surface area contributed by atoms with E-state index in [1.807, 2.05) is 35.8 Å². The third-order valence-corrected chi connectivity index (χ3v) is 5.89. The average Bonchev–Trinajstić information content (AvgIpc) is 3.57. The topological polar surface area (TPSA) is 132 Å². The van der Waals surface area contributed by atoms with Crippen LogP contribution in [0, 0.1) is 6.92 Å². The maximum atomic E-state index is 13.9. The zero-order valence-electron chi connectivity index (χ0n) is 20.5. The fourth-order valence-corrected chi connectivity index (χ4v) is 3.84. The Balaban J connectivity index is 1.69. The van der Waals surface area contributed by atoms with Gasteiger partial charge in [0.2, 0.25) is 0 Å². The molecule has 0 aliphatic heterocycles. The van der Waals surface area contributed by atoms with Crippen LogP contribution in [-0.4, -0.2) is 54.1 Å². The highest BCUT2D eigenvalue weighted by molar-refractivity contribution is 6.03. The van der Waals surface area contributed by atoms with Gasteiger partial charge in [-0.3, -0.25) is 14.7 Å². The minimum absolute atomic E-state index is 0.161. The van der Waals surface area contributed by atoms with Crippen molar-refractivity contribution in [2.75, 3.05) is 12.0 Å². The van der Waals surface area contributed by atoms with Gasteiger partial charge in [-0.1, -0.05) is 36.6 Å². The molecule has 0 fully saturated rings.